The summed E-state index contributed by atoms with van der Waals surface area (Å²) in [6.45, 7) is 1.54. The summed E-state index contributed by atoms with van der Waals surface area (Å²) in [5, 5.41) is 23.4. The Morgan fingerprint density at radius 2 is 1.89 bits per heavy atom. The molecule has 0 radical (unpaired) electrons. The molecular formula is C12H12N2O4. The molecule has 1 atom stereocenters. The molecule has 0 saturated heterocycles. The number of aliphatic carboxylic acids is 1. The number of nitrogens with one attached hydrogen (secondary N) is 2. The van der Waals surface area contributed by atoms with E-state index >= 15 is 0 Å². The van der Waals surface area contributed by atoms with Gasteiger partial charge in [0, 0.05) is 5.70 Å². The van der Waals surface area contributed by atoms with E-state index in [-0.39, 0.29) is 11.3 Å². The van der Waals surface area contributed by atoms with E-state index in [1.54, 1.807) is 12.1 Å². The lowest BCUT2D eigenvalue weighted by Gasteiger charge is -2.27. The van der Waals surface area contributed by atoms with E-state index in [4.69, 9.17) is 0 Å². The number of phenolic OH excluding ortho intramolecular Hbond substituents is 1. The number of allylic oxidation sites excluding steroid dienone is 1. The first-order valence-corrected chi connectivity index (χ1v) is 5.29. The summed E-state index contributed by atoms with van der Waals surface area (Å²) in [5.74, 6) is -1.02. The van der Waals surface area contributed by atoms with Crippen molar-refractivity contribution in [3.8, 4) is 5.75 Å². The molecule has 6 nitrogen and oxygen atoms in total. The van der Waals surface area contributed by atoms with Gasteiger partial charge in [0.25, 0.3) is 0 Å². The number of carboxylic acid groups (broad SMARTS) is 1. The highest BCUT2D eigenvalue weighted by Crippen LogP contribution is 2.27. The zero-order valence-electron chi connectivity index (χ0n) is 9.60. The Kier molecular flexibility index (Phi) is 2.93. The Balaban J connectivity index is 2.46. The topological polar surface area (TPSA) is 98.7 Å². The van der Waals surface area contributed by atoms with Crippen molar-refractivity contribution in [3.63, 3.8) is 0 Å². The highest BCUT2D eigenvalue weighted by Gasteiger charge is 2.30. The van der Waals surface area contributed by atoms with Gasteiger partial charge in [0.1, 0.15) is 5.75 Å². The molecule has 0 spiro atoms. The lowest BCUT2D eigenvalue weighted by atomic mass is 9.96. The maximum Gasteiger partial charge on any atom is 0.335 e. The molecule has 0 saturated carbocycles. The number of rotatable bonds is 2. The highest BCUT2D eigenvalue weighted by atomic mass is 16.4. The molecule has 0 fully saturated rings. The number of hydrogen-bond acceptors (Lipinski definition) is 3. The minimum atomic E-state index is -1.10. The number of phenols is 1. The minimum Gasteiger partial charge on any atom is -0.508 e. The van der Waals surface area contributed by atoms with Crippen LogP contribution in [0.4, 0.5) is 4.79 Å². The lowest BCUT2D eigenvalue weighted by molar-refractivity contribution is -0.133. The average Bonchev–Trinajstić information content (AvgIpc) is 2.28. The van der Waals surface area contributed by atoms with Gasteiger partial charge in [-0.1, -0.05) is 12.1 Å². The molecular weight excluding hydrogens is 236 g/mol. The van der Waals surface area contributed by atoms with Crippen molar-refractivity contribution < 1.29 is 19.8 Å². The van der Waals surface area contributed by atoms with Gasteiger partial charge in [0.05, 0.1) is 11.6 Å². The molecule has 1 aliphatic heterocycles. The Morgan fingerprint density at radius 3 is 2.44 bits per heavy atom. The first kappa shape index (κ1) is 12.0. The van der Waals surface area contributed by atoms with Crippen LogP contribution < -0.4 is 10.6 Å². The highest BCUT2D eigenvalue weighted by molar-refractivity contribution is 5.93. The van der Waals surface area contributed by atoms with Crippen LogP contribution in [0.15, 0.2) is 35.5 Å². The summed E-state index contributed by atoms with van der Waals surface area (Å²) in [6, 6.07) is 4.85. The second-order valence-electron chi connectivity index (χ2n) is 3.97. The van der Waals surface area contributed by atoms with Gasteiger partial charge in [0.2, 0.25) is 0 Å². The van der Waals surface area contributed by atoms with Crippen LogP contribution in [0.3, 0.4) is 0 Å². The molecule has 2 rings (SSSR count). The molecule has 0 aliphatic carbocycles. The lowest BCUT2D eigenvalue weighted by Crippen LogP contribution is -2.45. The zero-order valence-corrected chi connectivity index (χ0v) is 9.60. The van der Waals surface area contributed by atoms with Gasteiger partial charge in [-0.25, -0.2) is 9.59 Å². The van der Waals surface area contributed by atoms with Crippen LogP contribution in [-0.4, -0.2) is 22.2 Å². The van der Waals surface area contributed by atoms with E-state index in [9.17, 15) is 19.8 Å². The normalized spacial score (nSPS) is 19.2. The molecule has 94 valence electrons. The first-order valence-electron chi connectivity index (χ1n) is 5.29. The first-order chi connectivity index (χ1) is 8.49. The standard InChI is InChI=1S/C12H12N2O4/c1-6-9(11(16)17)10(14-12(18)13-6)7-2-4-8(15)5-3-7/h2-5,10,15H,1H3,(H,16,17)(H2,13,14,18)/t10-/m1/s1. The molecule has 0 bridgehead atoms. The van der Waals surface area contributed by atoms with Crippen LogP contribution in [0, 0.1) is 0 Å². The fourth-order valence-corrected chi connectivity index (χ4v) is 1.89. The van der Waals surface area contributed by atoms with E-state index in [1.165, 1.54) is 19.1 Å². The van der Waals surface area contributed by atoms with E-state index in [0.717, 1.165) is 0 Å². The summed E-state index contributed by atoms with van der Waals surface area (Å²) in [5.41, 5.74) is 0.990. The number of benzene rings is 1. The molecule has 6 heteroatoms. The van der Waals surface area contributed by atoms with Gasteiger partial charge in [-0.3, -0.25) is 0 Å². The predicted molar refractivity (Wildman–Crippen MR) is 62.9 cm³/mol. The fraction of sp³-hybridized carbons (Fsp3) is 0.167. The second kappa shape index (κ2) is 4.40. The number of amides is 2. The molecule has 4 N–H and O–H groups in total. The summed E-state index contributed by atoms with van der Waals surface area (Å²) in [7, 11) is 0. The van der Waals surface area contributed by atoms with Crippen LogP contribution >= 0.6 is 0 Å². The molecule has 0 unspecified atom stereocenters. The maximum absolute atomic E-state index is 11.4. The van der Waals surface area contributed by atoms with E-state index in [0.29, 0.717) is 11.3 Å². The van der Waals surface area contributed by atoms with E-state index in [2.05, 4.69) is 10.6 Å². The fourth-order valence-electron chi connectivity index (χ4n) is 1.89. The molecule has 1 heterocycles. The molecule has 0 aromatic heterocycles. The summed E-state index contributed by atoms with van der Waals surface area (Å²) in [6.07, 6.45) is 0. The van der Waals surface area contributed by atoms with Crippen molar-refractivity contribution in [3.05, 3.63) is 41.1 Å². The Hall–Kier alpha value is -2.50. The van der Waals surface area contributed by atoms with Crippen LogP contribution in [-0.2, 0) is 4.79 Å². The maximum atomic E-state index is 11.4. The number of carbonyl (C=O) groups is 2. The molecule has 1 aromatic carbocycles. The Morgan fingerprint density at radius 1 is 1.28 bits per heavy atom. The molecule has 18 heavy (non-hydrogen) atoms. The molecule has 2 amide bonds. The minimum absolute atomic E-state index is 0.0802. The SMILES string of the molecule is CC1=C(C(=O)O)[C@@H](c2ccc(O)cc2)NC(=O)N1. The summed E-state index contributed by atoms with van der Waals surface area (Å²) in [4.78, 5) is 22.6. The Labute approximate surface area is 103 Å². The van der Waals surface area contributed by atoms with Gasteiger partial charge in [0.15, 0.2) is 0 Å². The third-order valence-corrected chi connectivity index (χ3v) is 2.73. The van der Waals surface area contributed by atoms with E-state index < -0.39 is 18.0 Å². The van der Waals surface area contributed by atoms with Crippen molar-refractivity contribution >= 4 is 12.0 Å². The van der Waals surface area contributed by atoms with Crippen molar-refractivity contribution in [2.75, 3.05) is 0 Å². The van der Waals surface area contributed by atoms with Gasteiger partial charge in [-0.2, -0.15) is 0 Å². The van der Waals surface area contributed by atoms with Crippen molar-refractivity contribution in [2.45, 2.75) is 13.0 Å². The van der Waals surface area contributed by atoms with Crippen molar-refractivity contribution in [1.82, 2.24) is 10.6 Å². The third-order valence-electron chi connectivity index (χ3n) is 2.73. The van der Waals surface area contributed by atoms with Crippen LogP contribution in [0.25, 0.3) is 0 Å². The van der Waals surface area contributed by atoms with Gasteiger partial charge in [-0.15, -0.1) is 0 Å². The van der Waals surface area contributed by atoms with Crippen LogP contribution in [0.1, 0.15) is 18.5 Å². The number of hydrogen-bond donors (Lipinski definition) is 4. The van der Waals surface area contributed by atoms with Crippen molar-refractivity contribution in [2.24, 2.45) is 0 Å². The summed E-state index contributed by atoms with van der Waals surface area (Å²) < 4.78 is 0. The number of carboxylic acids is 1. The quantitative estimate of drug-likeness (QED) is 0.630. The zero-order chi connectivity index (χ0) is 13.3. The monoisotopic (exact) mass is 248 g/mol. The molecule has 1 aromatic rings. The number of aromatic hydroxyl groups is 1. The number of urea groups is 1. The van der Waals surface area contributed by atoms with Gasteiger partial charge >= 0.3 is 12.0 Å². The van der Waals surface area contributed by atoms with Gasteiger partial charge in [-0.05, 0) is 24.6 Å². The Bertz CT molecular complexity index is 534. The van der Waals surface area contributed by atoms with Crippen molar-refractivity contribution in [1.29, 1.82) is 0 Å². The number of carbonyl (C=O) groups excluding carboxylic acids is 1. The smallest absolute Gasteiger partial charge is 0.335 e. The van der Waals surface area contributed by atoms with Gasteiger partial charge < -0.3 is 20.8 Å². The predicted octanol–water partition coefficient (Wildman–Crippen LogP) is 1.10. The molecule has 1 aliphatic rings. The third kappa shape index (κ3) is 2.13. The van der Waals surface area contributed by atoms with Crippen LogP contribution in [0.5, 0.6) is 5.75 Å². The van der Waals surface area contributed by atoms with Crippen LogP contribution in [0.2, 0.25) is 0 Å². The largest absolute Gasteiger partial charge is 0.508 e. The van der Waals surface area contributed by atoms with E-state index in [1.807, 2.05) is 0 Å². The second-order valence-corrected chi connectivity index (χ2v) is 3.97. The average molecular weight is 248 g/mol. The summed E-state index contributed by atoms with van der Waals surface area (Å²) >= 11 is 0.